The van der Waals surface area contributed by atoms with E-state index in [-0.39, 0.29) is 23.0 Å². The topological polar surface area (TPSA) is 117 Å². The number of hydrogen-bond acceptors (Lipinski definition) is 7. The van der Waals surface area contributed by atoms with E-state index in [0.717, 1.165) is 31.2 Å². The van der Waals surface area contributed by atoms with Crippen molar-refractivity contribution in [2.75, 3.05) is 12.4 Å². The van der Waals surface area contributed by atoms with Crippen LogP contribution in [0.5, 0.6) is 0 Å². The Balaban J connectivity index is 1.75. The van der Waals surface area contributed by atoms with E-state index in [9.17, 15) is 28.0 Å². The van der Waals surface area contributed by atoms with Gasteiger partial charge in [-0.3, -0.25) is 4.79 Å². The number of ether oxygens (including phenoxy) is 1. The second-order valence-electron chi connectivity index (χ2n) is 7.48. The van der Waals surface area contributed by atoms with Gasteiger partial charge in [0.15, 0.2) is 0 Å². The molecule has 1 unspecified atom stereocenters. The number of nitrogens with zero attached hydrogens (tertiary/aromatic N) is 4. The number of alkyl halides is 3. The lowest BCUT2D eigenvalue weighted by Gasteiger charge is -2.24. The molecule has 0 bridgehead atoms. The van der Waals surface area contributed by atoms with Crippen molar-refractivity contribution in [3.63, 3.8) is 0 Å². The number of nitriles is 1. The minimum Gasteiger partial charge on any atom is -0.466 e. The predicted molar refractivity (Wildman–Crippen MR) is 110 cm³/mol. The summed E-state index contributed by atoms with van der Waals surface area (Å²) in [6.45, 7) is 0. The Morgan fingerprint density at radius 1 is 1.18 bits per heavy atom. The number of hydrogen-bond donors (Lipinski definition) is 1. The number of carbonyl (C=O) groups is 2. The number of anilines is 1. The number of benzene rings is 1. The van der Waals surface area contributed by atoms with Gasteiger partial charge in [0.25, 0.3) is 11.4 Å². The predicted octanol–water partition coefficient (Wildman–Crippen LogP) is 5.06. The molecule has 1 atom stereocenters. The number of nitrogens with one attached hydrogen (secondary N) is 1. The van der Waals surface area contributed by atoms with Crippen LogP contribution in [0.3, 0.4) is 0 Å². The molecule has 11 heteroatoms. The van der Waals surface area contributed by atoms with Gasteiger partial charge in [0.05, 0.1) is 18.4 Å². The van der Waals surface area contributed by atoms with Crippen LogP contribution in [0.1, 0.15) is 41.6 Å². The summed E-state index contributed by atoms with van der Waals surface area (Å²) in [5.74, 6) is -1.99. The molecule has 1 amide bonds. The van der Waals surface area contributed by atoms with Crippen LogP contribution >= 0.6 is 0 Å². The number of pyridine rings is 1. The highest BCUT2D eigenvalue weighted by Gasteiger charge is 2.49. The second-order valence-corrected chi connectivity index (χ2v) is 7.48. The van der Waals surface area contributed by atoms with Crippen molar-refractivity contribution in [3.05, 3.63) is 53.7 Å². The van der Waals surface area contributed by atoms with Gasteiger partial charge in [-0.2, -0.15) is 28.7 Å². The maximum Gasteiger partial charge on any atom is 0.416 e. The Kier molecular flexibility index (Phi) is 7.06. The Morgan fingerprint density at radius 3 is 2.42 bits per heavy atom. The van der Waals surface area contributed by atoms with Crippen molar-refractivity contribution in [2.45, 2.75) is 37.4 Å². The Labute approximate surface area is 187 Å². The van der Waals surface area contributed by atoms with Crippen LogP contribution in [0.2, 0.25) is 0 Å². The molecular formula is C22H20F3N5O3. The average molecular weight is 459 g/mol. The number of amides is 1. The van der Waals surface area contributed by atoms with Gasteiger partial charge in [-0.15, -0.1) is 0 Å². The molecule has 172 valence electrons. The largest absolute Gasteiger partial charge is 0.466 e. The molecule has 0 spiro atoms. The molecule has 33 heavy (non-hydrogen) atoms. The first-order valence-electron chi connectivity index (χ1n) is 10.1. The van der Waals surface area contributed by atoms with E-state index in [0.29, 0.717) is 12.8 Å². The molecule has 3 rings (SSSR count). The van der Waals surface area contributed by atoms with E-state index in [2.05, 4.69) is 20.5 Å². The fraction of sp³-hybridized carbons (Fsp3) is 0.364. The lowest BCUT2D eigenvalue weighted by atomic mass is 9.84. The van der Waals surface area contributed by atoms with Gasteiger partial charge in [-0.1, -0.05) is 12.8 Å². The highest BCUT2D eigenvalue weighted by Crippen LogP contribution is 2.38. The first-order chi connectivity index (χ1) is 15.7. The van der Waals surface area contributed by atoms with Crippen LogP contribution in [-0.4, -0.2) is 29.5 Å². The van der Waals surface area contributed by atoms with Gasteiger partial charge in [-0.05, 0) is 49.2 Å². The molecule has 1 aliphatic carbocycles. The number of esters is 1. The van der Waals surface area contributed by atoms with Crippen molar-refractivity contribution >= 4 is 23.4 Å². The van der Waals surface area contributed by atoms with Gasteiger partial charge in [-0.25, -0.2) is 9.78 Å². The molecule has 1 aromatic heterocycles. The third-order valence-corrected chi connectivity index (χ3v) is 5.39. The summed E-state index contributed by atoms with van der Waals surface area (Å²) >= 11 is 0. The number of rotatable bonds is 6. The van der Waals surface area contributed by atoms with Crippen LogP contribution in [0, 0.1) is 17.2 Å². The van der Waals surface area contributed by atoms with Crippen LogP contribution in [0.15, 0.2) is 52.8 Å². The fourth-order valence-electron chi connectivity index (χ4n) is 3.63. The molecule has 1 saturated carbocycles. The van der Waals surface area contributed by atoms with Crippen molar-refractivity contribution in [3.8, 4) is 6.07 Å². The van der Waals surface area contributed by atoms with Gasteiger partial charge >= 0.3 is 12.1 Å². The molecule has 0 radical (unpaired) electrons. The fourth-order valence-corrected chi connectivity index (χ4v) is 3.63. The van der Waals surface area contributed by atoms with Gasteiger partial charge in [0, 0.05) is 17.7 Å². The lowest BCUT2D eigenvalue weighted by Crippen LogP contribution is -2.42. The molecule has 0 aliphatic heterocycles. The van der Waals surface area contributed by atoms with Crippen molar-refractivity contribution in [1.29, 1.82) is 5.26 Å². The van der Waals surface area contributed by atoms with Gasteiger partial charge < -0.3 is 10.1 Å². The Hall–Kier alpha value is -3.81. The highest BCUT2D eigenvalue weighted by molar-refractivity contribution is 6.03. The summed E-state index contributed by atoms with van der Waals surface area (Å²) in [7, 11) is 1.19. The minimum absolute atomic E-state index is 0.142. The van der Waals surface area contributed by atoms with E-state index >= 15 is 0 Å². The van der Waals surface area contributed by atoms with E-state index < -0.39 is 29.2 Å². The Bertz CT molecular complexity index is 1090. The van der Waals surface area contributed by atoms with E-state index in [1.807, 2.05) is 6.07 Å². The van der Waals surface area contributed by atoms with Crippen molar-refractivity contribution in [1.82, 2.24) is 4.98 Å². The maximum atomic E-state index is 12.8. The van der Waals surface area contributed by atoms with E-state index in [4.69, 9.17) is 4.74 Å². The van der Waals surface area contributed by atoms with Crippen LogP contribution < -0.4 is 5.32 Å². The van der Waals surface area contributed by atoms with Crippen molar-refractivity contribution in [2.24, 2.45) is 16.1 Å². The first-order valence-corrected chi connectivity index (χ1v) is 10.1. The third-order valence-electron chi connectivity index (χ3n) is 5.39. The summed E-state index contributed by atoms with van der Waals surface area (Å²) in [5.41, 5.74) is -2.25. The summed E-state index contributed by atoms with van der Waals surface area (Å²) < 4.78 is 43.3. The molecule has 0 saturated heterocycles. The molecule has 8 nitrogen and oxygen atoms in total. The van der Waals surface area contributed by atoms with Crippen LogP contribution in [0.4, 0.5) is 24.7 Å². The zero-order valence-corrected chi connectivity index (χ0v) is 17.6. The molecule has 1 aliphatic rings. The number of carbonyl (C=O) groups excluding carboxylic acids is 2. The number of aromatic nitrogens is 1. The van der Waals surface area contributed by atoms with Gasteiger partial charge in [0.2, 0.25) is 0 Å². The first kappa shape index (κ1) is 23.8. The SMILES string of the molecule is COC(=O)C(C#N)(N=Nc1ccc(C(=O)Nc2cc(C(F)(F)F)ccn2)cc1)C1CCCC1. The molecule has 1 N–H and O–H groups in total. The smallest absolute Gasteiger partial charge is 0.416 e. The summed E-state index contributed by atoms with van der Waals surface area (Å²) in [5, 5.41) is 20.1. The standard InChI is InChI=1S/C22H20F3N5O3/c1-33-20(32)21(13-26,15-4-2-3-5-15)30-29-17-8-6-14(7-9-17)19(31)28-18-12-16(10-11-27-18)22(23,24)25/h6-12,15H,2-5H2,1H3,(H,27,28,31). The van der Waals surface area contributed by atoms with Crippen LogP contribution in [-0.2, 0) is 15.7 Å². The van der Waals surface area contributed by atoms with E-state index in [1.165, 1.54) is 31.4 Å². The number of azo groups is 1. The average Bonchev–Trinajstić information content (AvgIpc) is 3.35. The normalized spacial score (nSPS) is 16.2. The van der Waals surface area contributed by atoms with Gasteiger partial charge in [0.1, 0.15) is 11.9 Å². The minimum atomic E-state index is -4.56. The molecular weight excluding hydrogens is 439 g/mol. The highest BCUT2D eigenvalue weighted by atomic mass is 19.4. The number of halogens is 3. The van der Waals surface area contributed by atoms with Crippen molar-refractivity contribution < 1.29 is 27.5 Å². The zero-order chi connectivity index (χ0) is 24.1. The molecule has 1 fully saturated rings. The summed E-state index contributed by atoms with van der Waals surface area (Å²) in [6, 6.07) is 9.15. The third kappa shape index (κ3) is 5.34. The molecule has 1 aromatic carbocycles. The zero-order valence-electron chi connectivity index (χ0n) is 17.6. The Morgan fingerprint density at radius 2 is 1.85 bits per heavy atom. The quantitative estimate of drug-likeness (QED) is 0.479. The van der Waals surface area contributed by atoms with Crippen LogP contribution in [0.25, 0.3) is 0 Å². The second kappa shape index (κ2) is 9.77. The maximum absolute atomic E-state index is 12.8. The molecule has 1 heterocycles. The number of methoxy groups -OCH3 is 1. The van der Waals surface area contributed by atoms with E-state index in [1.54, 1.807) is 0 Å². The molecule has 2 aromatic rings. The monoisotopic (exact) mass is 459 g/mol. The lowest BCUT2D eigenvalue weighted by molar-refractivity contribution is -0.146. The summed E-state index contributed by atoms with van der Waals surface area (Å²) in [4.78, 5) is 28.4. The summed E-state index contributed by atoms with van der Waals surface area (Å²) in [6.07, 6.45) is -0.531.